The van der Waals surface area contributed by atoms with Crippen LogP contribution in [0.15, 0.2) is 46.6 Å². The first-order valence-corrected chi connectivity index (χ1v) is 11.4. The molecule has 0 radical (unpaired) electrons. The number of amides is 2. The van der Waals surface area contributed by atoms with Gasteiger partial charge in [0.15, 0.2) is 5.78 Å². The Labute approximate surface area is 187 Å². The molecule has 0 aromatic heterocycles. The zero-order valence-electron chi connectivity index (χ0n) is 18.4. The number of benzene rings is 1. The zero-order valence-corrected chi connectivity index (χ0v) is 19.2. The van der Waals surface area contributed by atoms with E-state index in [0.717, 1.165) is 46.2 Å². The zero-order chi connectivity index (χ0) is 22.7. The molecule has 0 saturated carbocycles. The minimum atomic E-state index is -0.662. The van der Waals surface area contributed by atoms with E-state index in [9.17, 15) is 19.5 Å². The van der Waals surface area contributed by atoms with Gasteiger partial charge in [-0.1, -0.05) is 30.8 Å². The second-order valence-corrected chi connectivity index (χ2v) is 9.56. The van der Waals surface area contributed by atoms with Crippen molar-refractivity contribution in [1.82, 2.24) is 5.32 Å². The van der Waals surface area contributed by atoms with Crippen LogP contribution in [0.2, 0.25) is 0 Å². The van der Waals surface area contributed by atoms with E-state index in [0.29, 0.717) is 25.0 Å². The standard InChI is InChI=1S/C24H29NO5S/c1-13(5-10-19-16(4)21(26)14(2)15(3)22(19)27)12-30-18-8-6-17(7-9-18)11-20-23(28)25-24(29)31-20/h6-9,13,20-21,26H,5,10-12H2,1-4H3,(H,25,28,29). The Kier molecular flexibility index (Phi) is 7.38. The van der Waals surface area contributed by atoms with Gasteiger partial charge in [0.05, 0.1) is 18.0 Å². The van der Waals surface area contributed by atoms with Crippen LogP contribution in [0.5, 0.6) is 5.75 Å². The van der Waals surface area contributed by atoms with Crippen LogP contribution in [-0.2, 0) is 16.0 Å². The summed E-state index contributed by atoms with van der Waals surface area (Å²) in [4.78, 5) is 35.5. The van der Waals surface area contributed by atoms with Crippen molar-refractivity contribution < 1.29 is 24.2 Å². The predicted octanol–water partition coefficient (Wildman–Crippen LogP) is 3.97. The molecule has 3 rings (SSSR count). The molecule has 166 valence electrons. The van der Waals surface area contributed by atoms with Crippen molar-refractivity contribution in [2.45, 2.75) is 58.3 Å². The Morgan fingerprint density at radius 1 is 1.10 bits per heavy atom. The number of carbonyl (C=O) groups is 3. The molecule has 2 N–H and O–H groups in total. The summed E-state index contributed by atoms with van der Waals surface area (Å²) in [6.45, 7) is 8.01. The fraction of sp³-hybridized carbons (Fsp3) is 0.458. The Balaban J connectivity index is 1.48. The molecule has 2 amide bonds. The lowest BCUT2D eigenvalue weighted by Gasteiger charge is -2.25. The van der Waals surface area contributed by atoms with Crippen LogP contribution in [0.3, 0.4) is 0 Å². The maximum absolute atomic E-state index is 12.6. The summed E-state index contributed by atoms with van der Waals surface area (Å²) in [5.74, 6) is 0.783. The van der Waals surface area contributed by atoms with Crippen molar-refractivity contribution in [2.75, 3.05) is 6.61 Å². The number of hydrogen-bond donors (Lipinski definition) is 2. The SMILES string of the molecule is CC1=C(C)C(O)C(C)=C(CCC(C)COc2ccc(CC3SC(=O)NC3=O)cc2)C1=O. The Morgan fingerprint density at radius 3 is 2.39 bits per heavy atom. The molecule has 1 fully saturated rings. The highest BCUT2D eigenvalue weighted by atomic mass is 32.2. The molecule has 7 heteroatoms. The molecule has 2 aliphatic rings. The second-order valence-electron chi connectivity index (χ2n) is 8.39. The van der Waals surface area contributed by atoms with Gasteiger partial charge in [0.25, 0.3) is 5.24 Å². The number of thioether (sulfide) groups is 1. The molecule has 1 aliphatic heterocycles. The van der Waals surface area contributed by atoms with Gasteiger partial charge in [0.1, 0.15) is 5.75 Å². The molecule has 31 heavy (non-hydrogen) atoms. The smallest absolute Gasteiger partial charge is 0.286 e. The molecule has 1 aliphatic carbocycles. The van der Waals surface area contributed by atoms with Gasteiger partial charge < -0.3 is 9.84 Å². The van der Waals surface area contributed by atoms with Crippen molar-refractivity contribution in [1.29, 1.82) is 0 Å². The molecule has 1 heterocycles. The second kappa shape index (κ2) is 9.83. The van der Waals surface area contributed by atoms with E-state index in [-0.39, 0.29) is 28.1 Å². The number of allylic oxidation sites excluding steroid dienone is 2. The van der Waals surface area contributed by atoms with Crippen molar-refractivity contribution in [3.05, 3.63) is 52.1 Å². The summed E-state index contributed by atoms with van der Waals surface area (Å²) in [5.41, 5.74) is 3.84. The molecule has 1 aromatic rings. The monoisotopic (exact) mass is 443 g/mol. The number of ether oxygens (including phenoxy) is 1. The first-order chi connectivity index (χ1) is 14.7. The summed E-state index contributed by atoms with van der Waals surface area (Å²) in [6.07, 6.45) is 1.25. The quantitative estimate of drug-likeness (QED) is 0.632. The molecule has 1 aromatic carbocycles. The van der Waals surface area contributed by atoms with Crippen LogP contribution >= 0.6 is 11.8 Å². The maximum atomic E-state index is 12.6. The normalized spacial score (nSPS) is 22.8. The Bertz CT molecular complexity index is 947. The van der Waals surface area contributed by atoms with Crippen molar-refractivity contribution in [3.63, 3.8) is 0 Å². The van der Waals surface area contributed by atoms with E-state index in [1.54, 1.807) is 13.8 Å². The fourth-order valence-corrected chi connectivity index (χ4v) is 4.63. The Hall–Kier alpha value is -2.38. The van der Waals surface area contributed by atoms with Gasteiger partial charge >= 0.3 is 0 Å². The number of Topliss-reactive ketones (excluding diaryl/α,β-unsaturated/α-hetero) is 1. The third-order valence-electron chi connectivity index (χ3n) is 6.04. The summed E-state index contributed by atoms with van der Waals surface area (Å²) < 4.78 is 5.89. The van der Waals surface area contributed by atoms with Gasteiger partial charge in [-0.05, 0) is 80.4 Å². The largest absolute Gasteiger partial charge is 0.493 e. The molecule has 3 unspecified atom stereocenters. The van der Waals surface area contributed by atoms with E-state index in [1.165, 1.54) is 0 Å². The molecule has 1 saturated heterocycles. The average Bonchev–Trinajstić information content (AvgIpc) is 3.06. The highest BCUT2D eigenvalue weighted by Gasteiger charge is 2.31. The van der Waals surface area contributed by atoms with Gasteiger partial charge in [-0.15, -0.1) is 0 Å². The Morgan fingerprint density at radius 2 is 1.77 bits per heavy atom. The molecule has 3 atom stereocenters. The molecular formula is C24H29NO5S. The van der Waals surface area contributed by atoms with Crippen molar-refractivity contribution >= 4 is 28.7 Å². The minimum Gasteiger partial charge on any atom is -0.493 e. The summed E-state index contributed by atoms with van der Waals surface area (Å²) in [6, 6.07) is 7.55. The first-order valence-electron chi connectivity index (χ1n) is 10.5. The van der Waals surface area contributed by atoms with E-state index in [4.69, 9.17) is 4.74 Å². The topological polar surface area (TPSA) is 92.7 Å². The summed E-state index contributed by atoms with van der Waals surface area (Å²) in [5, 5.41) is 12.0. The van der Waals surface area contributed by atoms with E-state index in [1.807, 2.05) is 31.2 Å². The third kappa shape index (κ3) is 5.46. The van der Waals surface area contributed by atoms with Gasteiger partial charge in [0.2, 0.25) is 5.91 Å². The lowest BCUT2D eigenvalue weighted by molar-refractivity contribution is -0.119. The van der Waals surface area contributed by atoms with E-state index < -0.39 is 6.10 Å². The number of carbonyl (C=O) groups excluding carboxylic acids is 3. The highest BCUT2D eigenvalue weighted by Crippen LogP contribution is 2.31. The lowest BCUT2D eigenvalue weighted by Crippen LogP contribution is -2.25. The number of nitrogens with one attached hydrogen (secondary N) is 1. The average molecular weight is 444 g/mol. The van der Waals surface area contributed by atoms with Crippen LogP contribution in [-0.4, -0.2) is 40.0 Å². The van der Waals surface area contributed by atoms with Gasteiger partial charge in [0, 0.05) is 5.57 Å². The molecule has 6 nitrogen and oxygen atoms in total. The van der Waals surface area contributed by atoms with E-state index in [2.05, 4.69) is 12.2 Å². The lowest BCUT2D eigenvalue weighted by atomic mass is 9.82. The van der Waals surface area contributed by atoms with Crippen molar-refractivity contribution in [2.24, 2.45) is 5.92 Å². The number of ketones is 1. The van der Waals surface area contributed by atoms with Gasteiger partial charge in [-0.25, -0.2) is 0 Å². The third-order valence-corrected chi connectivity index (χ3v) is 7.02. The van der Waals surface area contributed by atoms with Crippen LogP contribution in [0, 0.1) is 5.92 Å². The predicted molar refractivity (Wildman–Crippen MR) is 121 cm³/mol. The molecule has 0 bridgehead atoms. The summed E-state index contributed by atoms with van der Waals surface area (Å²) in [7, 11) is 0. The van der Waals surface area contributed by atoms with Crippen LogP contribution in [0.1, 0.15) is 46.1 Å². The number of aliphatic hydroxyl groups excluding tert-OH is 1. The van der Waals surface area contributed by atoms with Crippen LogP contribution < -0.4 is 10.1 Å². The molecular weight excluding hydrogens is 414 g/mol. The fourth-order valence-electron chi connectivity index (χ4n) is 3.77. The number of rotatable bonds is 8. The number of imide groups is 1. The van der Waals surface area contributed by atoms with Crippen LogP contribution in [0.25, 0.3) is 0 Å². The number of hydrogen-bond acceptors (Lipinski definition) is 6. The van der Waals surface area contributed by atoms with Gasteiger partial charge in [-0.3, -0.25) is 19.7 Å². The summed E-state index contributed by atoms with van der Waals surface area (Å²) >= 11 is 1.03. The number of aliphatic hydroxyl groups is 1. The van der Waals surface area contributed by atoms with Crippen molar-refractivity contribution in [3.8, 4) is 5.75 Å². The van der Waals surface area contributed by atoms with Gasteiger partial charge in [-0.2, -0.15) is 0 Å². The van der Waals surface area contributed by atoms with E-state index >= 15 is 0 Å². The molecule has 0 spiro atoms. The minimum absolute atomic E-state index is 0.0415. The van der Waals surface area contributed by atoms with Crippen LogP contribution in [0.4, 0.5) is 4.79 Å². The maximum Gasteiger partial charge on any atom is 0.286 e. The highest BCUT2D eigenvalue weighted by molar-refractivity contribution is 8.15. The first kappa shape index (κ1) is 23.3.